The molecule has 0 aliphatic heterocycles. The summed E-state index contributed by atoms with van der Waals surface area (Å²) in [6, 6.07) is 12.2. The zero-order valence-electron chi connectivity index (χ0n) is 15.7. The van der Waals surface area contributed by atoms with Gasteiger partial charge in [0.15, 0.2) is 5.78 Å². The normalized spacial score (nSPS) is 9.83. The van der Waals surface area contributed by atoms with E-state index in [-0.39, 0.29) is 64.2 Å². The van der Waals surface area contributed by atoms with E-state index in [1.54, 1.807) is 60.3 Å². The van der Waals surface area contributed by atoms with Crippen LogP contribution in [0.5, 0.6) is 0 Å². The first-order valence-corrected chi connectivity index (χ1v) is 7.18. The van der Waals surface area contributed by atoms with Crippen molar-refractivity contribution in [1.29, 1.82) is 0 Å². The summed E-state index contributed by atoms with van der Waals surface area (Å²) in [6.07, 6.45) is 0. The molecule has 0 saturated carbocycles. The summed E-state index contributed by atoms with van der Waals surface area (Å²) in [5, 5.41) is 9.54. The van der Waals surface area contributed by atoms with Gasteiger partial charge in [-0.2, -0.15) is 0 Å². The number of hydrogen-bond acceptors (Lipinski definition) is 4. The Morgan fingerprint density at radius 1 is 0.917 bits per heavy atom. The molecule has 2 aromatic carbocycles. The largest absolute Gasteiger partial charge is 1.00 e. The van der Waals surface area contributed by atoms with Crippen molar-refractivity contribution >= 4 is 23.1 Å². The maximum Gasteiger partial charge on any atom is 1.00 e. The van der Waals surface area contributed by atoms with Crippen LogP contribution in [0.2, 0.25) is 0 Å². The summed E-state index contributed by atoms with van der Waals surface area (Å²) in [4.78, 5) is 28.0. The Bertz CT molecular complexity index is 749. The molecule has 0 fully saturated rings. The van der Waals surface area contributed by atoms with Crippen LogP contribution in [0, 0.1) is 0 Å². The van der Waals surface area contributed by atoms with Crippen molar-refractivity contribution in [1.82, 2.24) is 0 Å². The van der Waals surface area contributed by atoms with Gasteiger partial charge in [0.25, 0.3) is 0 Å². The number of benzene rings is 2. The number of rotatable bonds is 5. The van der Waals surface area contributed by atoms with E-state index in [9.17, 15) is 14.7 Å². The van der Waals surface area contributed by atoms with Crippen LogP contribution in [-0.2, 0) is 0 Å². The van der Waals surface area contributed by atoms with E-state index in [1.807, 2.05) is 20.2 Å². The molecule has 2 rings (SSSR count). The van der Waals surface area contributed by atoms with Crippen molar-refractivity contribution in [2.45, 2.75) is 0 Å². The SMILES string of the molecule is CN(C)c1cc(C(=O)O)c(N(C)C)c(C(=O)c2ccccc2)c1.[H-].[K+]. The zero-order valence-corrected chi connectivity index (χ0v) is 17.8. The number of carboxylic acids is 1. The number of aromatic carboxylic acids is 1. The molecule has 0 bridgehead atoms. The minimum Gasteiger partial charge on any atom is -1.00 e. The summed E-state index contributed by atoms with van der Waals surface area (Å²) < 4.78 is 0. The molecule has 122 valence electrons. The Balaban J connectivity index is 0.00000288. The first kappa shape index (κ1) is 20.9. The van der Waals surface area contributed by atoms with E-state index in [2.05, 4.69) is 0 Å². The molecule has 24 heavy (non-hydrogen) atoms. The zero-order chi connectivity index (χ0) is 17.1. The van der Waals surface area contributed by atoms with Crippen LogP contribution in [0.15, 0.2) is 42.5 Å². The molecule has 0 aromatic heterocycles. The Labute approximate surface area is 186 Å². The van der Waals surface area contributed by atoms with Crippen molar-refractivity contribution in [2.24, 2.45) is 0 Å². The Morgan fingerprint density at radius 2 is 1.46 bits per heavy atom. The van der Waals surface area contributed by atoms with Crippen molar-refractivity contribution in [3.63, 3.8) is 0 Å². The van der Waals surface area contributed by atoms with E-state index >= 15 is 0 Å². The van der Waals surface area contributed by atoms with Crippen LogP contribution in [0.25, 0.3) is 0 Å². The van der Waals surface area contributed by atoms with Crippen molar-refractivity contribution in [2.75, 3.05) is 38.0 Å². The first-order chi connectivity index (χ1) is 10.8. The molecule has 0 radical (unpaired) electrons. The van der Waals surface area contributed by atoms with E-state index < -0.39 is 5.97 Å². The number of hydrogen-bond donors (Lipinski definition) is 1. The molecule has 0 aliphatic carbocycles. The molecule has 0 atom stereocenters. The third-order valence-corrected chi connectivity index (χ3v) is 3.57. The molecule has 0 unspecified atom stereocenters. The van der Waals surface area contributed by atoms with Crippen LogP contribution < -0.4 is 61.2 Å². The van der Waals surface area contributed by atoms with Crippen LogP contribution in [0.3, 0.4) is 0 Å². The number of carbonyl (C=O) groups excluding carboxylic acids is 1. The monoisotopic (exact) mass is 352 g/mol. The van der Waals surface area contributed by atoms with E-state index in [0.29, 0.717) is 22.5 Å². The van der Waals surface area contributed by atoms with Crippen molar-refractivity contribution < 1.29 is 67.5 Å². The topological polar surface area (TPSA) is 60.9 Å². The Hall–Kier alpha value is -1.18. The van der Waals surface area contributed by atoms with Gasteiger partial charge in [0, 0.05) is 45.0 Å². The molecular weight excluding hydrogens is 331 g/mol. The second-order valence-corrected chi connectivity index (χ2v) is 5.68. The van der Waals surface area contributed by atoms with Crippen LogP contribution >= 0.6 is 0 Å². The third-order valence-electron chi connectivity index (χ3n) is 3.57. The molecule has 5 nitrogen and oxygen atoms in total. The van der Waals surface area contributed by atoms with Gasteiger partial charge in [-0.25, -0.2) is 4.79 Å². The molecule has 0 aliphatic rings. The fourth-order valence-corrected chi connectivity index (χ4v) is 2.44. The fourth-order valence-electron chi connectivity index (χ4n) is 2.44. The van der Waals surface area contributed by atoms with Gasteiger partial charge in [0.2, 0.25) is 0 Å². The summed E-state index contributed by atoms with van der Waals surface area (Å²) in [6.45, 7) is 0. The standard InChI is InChI=1S/C18H20N2O3.K.H/c1-19(2)13-10-14(17(21)12-8-6-5-7-9-12)16(20(3)4)15(11-13)18(22)23;;/h5-11H,1-4H3,(H,22,23);;/q;+1;-1. The average Bonchev–Trinajstić information content (AvgIpc) is 2.53. The maximum atomic E-state index is 12.9. The summed E-state index contributed by atoms with van der Waals surface area (Å²) >= 11 is 0. The quantitative estimate of drug-likeness (QED) is 0.600. The maximum absolute atomic E-state index is 12.9. The van der Waals surface area contributed by atoms with Gasteiger partial charge in [0.05, 0.1) is 11.3 Å². The van der Waals surface area contributed by atoms with Gasteiger partial charge in [-0.05, 0) is 12.1 Å². The molecule has 0 spiro atoms. The molecular formula is C18H21KN2O3. The van der Waals surface area contributed by atoms with Gasteiger partial charge in [-0.3, -0.25) is 4.79 Å². The van der Waals surface area contributed by atoms with Crippen LogP contribution in [-0.4, -0.2) is 45.0 Å². The summed E-state index contributed by atoms with van der Waals surface area (Å²) in [5.41, 5.74) is 2.11. The average molecular weight is 352 g/mol. The smallest absolute Gasteiger partial charge is 1.00 e. The Kier molecular flexibility index (Phi) is 7.63. The van der Waals surface area contributed by atoms with Gasteiger partial charge in [-0.15, -0.1) is 0 Å². The van der Waals surface area contributed by atoms with Crippen LogP contribution in [0.4, 0.5) is 11.4 Å². The Morgan fingerprint density at radius 3 is 1.92 bits per heavy atom. The first-order valence-electron chi connectivity index (χ1n) is 7.18. The van der Waals surface area contributed by atoms with Crippen molar-refractivity contribution in [3.05, 3.63) is 59.2 Å². The minimum absolute atomic E-state index is 0. The number of anilines is 2. The molecule has 2 aromatic rings. The van der Waals surface area contributed by atoms with Gasteiger partial charge in [0.1, 0.15) is 0 Å². The fraction of sp³-hybridized carbons (Fsp3) is 0.222. The predicted octanol–water partition coefficient (Wildman–Crippen LogP) is -0.136. The molecule has 0 amide bonds. The van der Waals surface area contributed by atoms with E-state index in [4.69, 9.17) is 0 Å². The number of ketones is 1. The number of nitrogens with zero attached hydrogens (tertiary/aromatic N) is 2. The molecule has 0 heterocycles. The molecule has 0 saturated heterocycles. The van der Waals surface area contributed by atoms with E-state index in [1.165, 1.54) is 0 Å². The van der Waals surface area contributed by atoms with Crippen molar-refractivity contribution in [3.8, 4) is 0 Å². The number of carboxylic acid groups (broad SMARTS) is 1. The van der Waals surface area contributed by atoms with Crippen LogP contribution in [0.1, 0.15) is 27.7 Å². The summed E-state index contributed by atoms with van der Waals surface area (Å²) in [7, 11) is 7.10. The molecule has 6 heteroatoms. The van der Waals surface area contributed by atoms with Gasteiger partial charge >= 0.3 is 57.4 Å². The number of carbonyl (C=O) groups is 2. The molecule has 1 N–H and O–H groups in total. The van der Waals surface area contributed by atoms with Gasteiger partial charge in [-0.1, -0.05) is 30.3 Å². The second kappa shape index (κ2) is 8.78. The minimum atomic E-state index is -1.06. The summed E-state index contributed by atoms with van der Waals surface area (Å²) in [5.74, 6) is -1.25. The van der Waals surface area contributed by atoms with E-state index in [0.717, 1.165) is 0 Å². The van der Waals surface area contributed by atoms with Gasteiger partial charge < -0.3 is 16.3 Å². The third kappa shape index (κ3) is 4.46. The predicted molar refractivity (Wildman–Crippen MR) is 93.0 cm³/mol. The second-order valence-electron chi connectivity index (χ2n) is 5.68.